The van der Waals surface area contributed by atoms with Gasteiger partial charge in [0, 0.05) is 17.8 Å². The lowest BCUT2D eigenvalue weighted by atomic mass is 10.1. The average molecular weight is 184 g/mol. The van der Waals surface area contributed by atoms with Crippen molar-refractivity contribution in [2.45, 2.75) is 13.8 Å². The van der Waals surface area contributed by atoms with Crippen LogP contribution in [0.5, 0.6) is 0 Å². The third-order valence-electron chi connectivity index (χ3n) is 2.21. The number of fused-ring (bicyclic) bond motifs is 1. The Balaban J connectivity index is 2.82. The fourth-order valence-corrected chi connectivity index (χ4v) is 1.52. The maximum atomic E-state index is 4.35. The Morgan fingerprint density at radius 2 is 2.14 bits per heavy atom. The molecule has 0 unspecified atom stereocenters. The van der Waals surface area contributed by atoms with Gasteiger partial charge < -0.3 is 0 Å². The smallest absolute Gasteiger partial charge is 0.0960 e. The number of benzene rings is 1. The molecule has 0 amide bonds. The molecule has 14 heavy (non-hydrogen) atoms. The summed E-state index contributed by atoms with van der Waals surface area (Å²) in [6.45, 7) is 3.97. The lowest BCUT2D eigenvalue weighted by molar-refractivity contribution is 1.36. The van der Waals surface area contributed by atoms with E-state index in [4.69, 9.17) is 0 Å². The monoisotopic (exact) mass is 184 g/mol. The second kappa shape index (κ2) is 3.58. The van der Waals surface area contributed by atoms with Gasteiger partial charge in [-0.2, -0.15) is 0 Å². The third kappa shape index (κ3) is 1.39. The number of hydrogen-bond acceptors (Lipinski definition) is 2. The van der Waals surface area contributed by atoms with Gasteiger partial charge in [-0.3, -0.25) is 9.98 Å². The molecule has 1 heterocycles. The van der Waals surface area contributed by atoms with Crippen molar-refractivity contribution in [3.63, 3.8) is 0 Å². The first-order valence-electron chi connectivity index (χ1n) is 4.66. The predicted molar refractivity (Wildman–Crippen MR) is 60.3 cm³/mol. The molecule has 2 heteroatoms. The van der Waals surface area contributed by atoms with Crippen molar-refractivity contribution < 1.29 is 0 Å². The maximum Gasteiger partial charge on any atom is 0.0960 e. The summed E-state index contributed by atoms with van der Waals surface area (Å²) in [4.78, 5) is 8.69. The van der Waals surface area contributed by atoms with Crippen LogP contribution in [0.1, 0.15) is 12.5 Å². The van der Waals surface area contributed by atoms with E-state index in [1.807, 2.05) is 13.0 Å². The fraction of sp³-hybridized carbons (Fsp3) is 0.167. The molecule has 0 aliphatic rings. The third-order valence-corrected chi connectivity index (χ3v) is 2.21. The quantitative estimate of drug-likeness (QED) is 0.624. The van der Waals surface area contributed by atoms with Gasteiger partial charge in [0.25, 0.3) is 0 Å². The van der Waals surface area contributed by atoms with E-state index in [2.05, 4.69) is 35.1 Å². The molecule has 0 bridgehead atoms. The second-order valence-corrected chi connectivity index (χ2v) is 3.19. The number of hydrogen-bond donors (Lipinski definition) is 0. The molecule has 1 aromatic carbocycles. The van der Waals surface area contributed by atoms with Gasteiger partial charge in [0.15, 0.2) is 0 Å². The summed E-state index contributed by atoms with van der Waals surface area (Å²) in [5.41, 5.74) is 3.12. The highest BCUT2D eigenvalue weighted by molar-refractivity contribution is 5.91. The van der Waals surface area contributed by atoms with Crippen molar-refractivity contribution in [3.8, 4) is 0 Å². The average Bonchev–Trinajstić information content (AvgIpc) is 2.23. The van der Waals surface area contributed by atoms with Crippen molar-refractivity contribution in [2.75, 3.05) is 0 Å². The molecule has 0 spiro atoms. The highest BCUT2D eigenvalue weighted by Crippen LogP contribution is 2.27. The summed E-state index contributed by atoms with van der Waals surface area (Å²) in [6.07, 6.45) is 3.60. The van der Waals surface area contributed by atoms with E-state index in [1.54, 1.807) is 12.4 Å². The van der Waals surface area contributed by atoms with Crippen LogP contribution in [-0.4, -0.2) is 11.2 Å². The summed E-state index contributed by atoms with van der Waals surface area (Å²) in [7, 11) is 0. The standard InChI is InChI=1S/C12H12N2/c1-3-13-11-9(2)6-7-10-5-4-8-14-12(10)11/h3-8H,1-2H3. The van der Waals surface area contributed by atoms with E-state index in [-0.39, 0.29) is 0 Å². The summed E-state index contributed by atoms with van der Waals surface area (Å²) in [6, 6.07) is 8.15. The largest absolute Gasteiger partial charge is 0.259 e. The molecule has 0 saturated heterocycles. The van der Waals surface area contributed by atoms with Gasteiger partial charge in [0.05, 0.1) is 11.2 Å². The number of aryl methyl sites for hydroxylation is 1. The second-order valence-electron chi connectivity index (χ2n) is 3.19. The molecule has 0 aliphatic heterocycles. The molecule has 0 aliphatic carbocycles. The van der Waals surface area contributed by atoms with Crippen LogP contribution in [0, 0.1) is 6.92 Å². The van der Waals surface area contributed by atoms with Crippen LogP contribution in [-0.2, 0) is 0 Å². The van der Waals surface area contributed by atoms with Crippen LogP contribution >= 0.6 is 0 Å². The maximum absolute atomic E-state index is 4.35. The molecule has 2 rings (SSSR count). The predicted octanol–water partition coefficient (Wildman–Crippen LogP) is 3.27. The molecule has 0 N–H and O–H groups in total. The molecular weight excluding hydrogens is 172 g/mol. The first kappa shape index (κ1) is 8.88. The van der Waals surface area contributed by atoms with Crippen molar-refractivity contribution in [2.24, 2.45) is 4.99 Å². The van der Waals surface area contributed by atoms with Gasteiger partial charge in [-0.25, -0.2) is 0 Å². The van der Waals surface area contributed by atoms with E-state index in [9.17, 15) is 0 Å². The van der Waals surface area contributed by atoms with E-state index in [0.29, 0.717) is 0 Å². The normalized spacial score (nSPS) is 11.3. The lowest BCUT2D eigenvalue weighted by Gasteiger charge is -2.03. The Morgan fingerprint density at radius 3 is 2.93 bits per heavy atom. The van der Waals surface area contributed by atoms with Gasteiger partial charge in [-0.15, -0.1) is 0 Å². The van der Waals surface area contributed by atoms with Crippen molar-refractivity contribution in [1.29, 1.82) is 0 Å². The molecule has 1 aromatic heterocycles. The van der Waals surface area contributed by atoms with Gasteiger partial charge in [0.2, 0.25) is 0 Å². The van der Waals surface area contributed by atoms with Crippen LogP contribution in [0.3, 0.4) is 0 Å². The van der Waals surface area contributed by atoms with Crippen molar-refractivity contribution in [1.82, 2.24) is 4.98 Å². The minimum absolute atomic E-state index is 0.977. The molecule has 70 valence electrons. The van der Waals surface area contributed by atoms with E-state index < -0.39 is 0 Å². The van der Waals surface area contributed by atoms with E-state index in [0.717, 1.165) is 22.2 Å². The summed E-state index contributed by atoms with van der Waals surface area (Å²) in [5.74, 6) is 0. The van der Waals surface area contributed by atoms with Crippen LogP contribution in [0.4, 0.5) is 5.69 Å². The molecular formula is C12H12N2. The lowest BCUT2D eigenvalue weighted by Crippen LogP contribution is -1.82. The van der Waals surface area contributed by atoms with Gasteiger partial charge in [0.1, 0.15) is 0 Å². The zero-order valence-electron chi connectivity index (χ0n) is 8.36. The topological polar surface area (TPSA) is 25.2 Å². The Hall–Kier alpha value is -1.70. The number of aromatic nitrogens is 1. The minimum Gasteiger partial charge on any atom is -0.259 e. The number of nitrogens with zero attached hydrogens (tertiary/aromatic N) is 2. The zero-order chi connectivity index (χ0) is 9.97. The molecule has 0 atom stereocenters. The van der Waals surface area contributed by atoms with Crippen molar-refractivity contribution >= 4 is 22.8 Å². The minimum atomic E-state index is 0.977. The molecule has 0 saturated carbocycles. The van der Waals surface area contributed by atoms with Crippen molar-refractivity contribution in [3.05, 3.63) is 36.0 Å². The Labute approximate surface area is 83.3 Å². The summed E-state index contributed by atoms with van der Waals surface area (Å²) >= 11 is 0. The zero-order valence-corrected chi connectivity index (χ0v) is 8.36. The van der Waals surface area contributed by atoms with Gasteiger partial charge in [-0.05, 0) is 25.5 Å². The SMILES string of the molecule is CC=Nc1c(C)ccc2cccnc12. The van der Waals surface area contributed by atoms with Crippen LogP contribution < -0.4 is 0 Å². The van der Waals surface area contributed by atoms with E-state index in [1.165, 1.54) is 0 Å². The summed E-state index contributed by atoms with van der Waals surface area (Å²) < 4.78 is 0. The first-order chi connectivity index (χ1) is 6.83. The molecule has 2 aromatic rings. The molecule has 2 nitrogen and oxygen atoms in total. The first-order valence-corrected chi connectivity index (χ1v) is 4.66. The fourth-order valence-electron chi connectivity index (χ4n) is 1.52. The Bertz CT molecular complexity index is 487. The van der Waals surface area contributed by atoms with Crippen LogP contribution in [0.2, 0.25) is 0 Å². The molecule has 0 fully saturated rings. The Morgan fingerprint density at radius 1 is 1.29 bits per heavy atom. The van der Waals surface area contributed by atoms with Crippen LogP contribution in [0.25, 0.3) is 10.9 Å². The highest BCUT2D eigenvalue weighted by Gasteiger charge is 2.02. The number of aliphatic imine (C=N–C) groups is 1. The number of pyridine rings is 1. The number of rotatable bonds is 1. The van der Waals surface area contributed by atoms with Crippen LogP contribution in [0.15, 0.2) is 35.5 Å². The van der Waals surface area contributed by atoms with Gasteiger partial charge in [-0.1, -0.05) is 18.2 Å². The molecule has 0 radical (unpaired) electrons. The summed E-state index contributed by atoms with van der Waals surface area (Å²) in [5, 5.41) is 1.14. The Kier molecular flexibility index (Phi) is 2.27. The highest BCUT2D eigenvalue weighted by atomic mass is 14.8. The van der Waals surface area contributed by atoms with Gasteiger partial charge >= 0.3 is 0 Å². The van der Waals surface area contributed by atoms with E-state index >= 15 is 0 Å².